The Balaban J connectivity index is 1.35. The smallest absolute Gasteiger partial charge is 0.255 e. The van der Waals surface area contributed by atoms with Gasteiger partial charge >= 0.3 is 0 Å². The largest absolute Gasteiger partial charge is 0.492 e. The van der Waals surface area contributed by atoms with E-state index >= 15 is 0 Å². The van der Waals surface area contributed by atoms with Crippen molar-refractivity contribution < 1.29 is 13.9 Å². The number of ether oxygens (including phenoxy) is 1. The molecule has 0 radical (unpaired) electrons. The highest BCUT2D eigenvalue weighted by molar-refractivity contribution is 5.93. The fourth-order valence-electron chi connectivity index (χ4n) is 4.10. The first kappa shape index (κ1) is 17.9. The van der Waals surface area contributed by atoms with Crippen molar-refractivity contribution in [1.29, 1.82) is 0 Å². The number of fused-ring (bicyclic) bond motifs is 4. The molecule has 3 saturated heterocycles. The van der Waals surface area contributed by atoms with Gasteiger partial charge in [0.1, 0.15) is 18.2 Å². The SMILES string of the molecule is O=C(c1cccnc1)N1C[C@H]2CC[C@@H](C1)N(CCOc1ccc(F)cc1)C2. The van der Waals surface area contributed by atoms with Crippen LogP contribution in [0.3, 0.4) is 0 Å². The molecule has 0 unspecified atom stereocenters. The number of rotatable bonds is 5. The third kappa shape index (κ3) is 4.27. The molecule has 5 rings (SSSR count). The molecule has 3 aliphatic heterocycles. The van der Waals surface area contributed by atoms with E-state index in [4.69, 9.17) is 4.74 Å². The van der Waals surface area contributed by atoms with Gasteiger partial charge in [-0.15, -0.1) is 0 Å². The summed E-state index contributed by atoms with van der Waals surface area (Å²) in [6.07, 6.45) is 5.60. The molecule has 2 aromatic rings. The van der Waals surface area contributed by atoms with Crippen molar-refractivity contribution in [2.75, 3.05) is 32.8 Å². The Morgan fingerprint density at radius 2 is 2.00 bits per heavy atom. The van der Waals surface area contributed by atoms with Gasteiger partial charge in [0.2, 0.25) is 0 Å². The van der Waals surface area contributed by atoms with E-state index in [9.17, 15) is 9.18 Å². The van der Waals surface area contributed by atoms with Gasteiger partial charge < -0.3 is 9.64 Å². The Labute approximate surface area is 158 Å². The second-order valence-electron chi connectivity index (χ2n) is 7.35. The Morgan fingerprint density at radius 1 is 1.15 bits per heavy atom. The number of hydrogen-bond donors (Lipinski definition) is 0. The summed E-state index contributed by atoms with van der Waals surface area (Å²) in [7, 11) is 0. The molecular formula is C21H24FN3O2. The summed E-state index contributed by atoms with van der Waals surface area (Å²) in [6, 6.07) is 10.1. The monoisotopic (exact) mass is 369 g/mol. The van der Waals surface area contributed by atoms with E-state index in [0.29, 0.717) is 29.9 Å². The predicted molar refractivity (Wildman–Crippen MR) is 100 cm³/mol. The van der Waals surface area contributed by atoms with E-state index in [1.165, 1.54) is 12.1 Å². The Bertz CT molecular complexity index is 769. The van der Waals surface area contributed by atoms with Gasteiger partial charge in [-0.2, -0.15) is 0 Å². The lowest BCUT2D eigenvalue weighted by molar-refractivity contribution is 0.0733. The molecular weight excluding hydrogens is 345 g/mol. The molecule has 2 atom stereocenters. The van der Waals surface area contributed by atoms with Crippen LogP contribution in [0.5, 0.6) is 5.75 Å². The van der Waals surface area contributed by atoms with E-state index < -0.39 is 0 Å². The van der Waals surface area contributed by atoms with Crippen LogP contribution < -0.4 is 4.74 Å². The summed E-state index contributed by atoms with van der Waals surface area (Å²) in [4.78, 5) is 21.3. The van der Waals surface area contributed by atoms with E-state index in [2.05, 4.69) is 9.88 Å². The van der Waals surface area contributed by atoms with Crippen molar-refractivity contribution in [3.63, 3.8) is 0 Å². The zero-order chi connectivity index (χ0) is 18.6. The van der Waals surface area contributed by atoms with Crippen LogP contribution in [-0.2, 0) is 0 Å². The minimum Gasteiger partial charge on any atom is -0.492 e. The van der Waals surface area contributed by atoms with Gasteiger partial charge in [0.25, 0.3) is 5.91 Å². The second kappa shape index (κ2) is 8.05. The quantitative estimate of drug-likeness (QED) is 0.813. The molecule has 2 bridgehead atoms. The molecule has 0 aliphatic carbocycles. The maximum absolute atomic E-state index is 13.0. The summed E-state index contributed by atoms with van der Waals surface area (Å²) in [5.41, 5.74) is 0.657. The summed E-state index contributed by atoms with van der Waals surface area (Å²) < 4.78 is 18.7. The Hall–Kier alpha value is -2.47. The van der Waals surface area contributed by atoms with Gasteiger partial charge in [-0.3, -0.25) is 14.7 Å². The zero-order valence-corrected chi connectivity index (χ0v) is 15.3. The molecule has 3 aliphatic rings. The first-order valence-electron chi connectivity index (χ1n) is 9.51. The topological polar surface area (TPSA) is 45.7 Å². The minimum absolute atomic E-state index is 0.0735. The molecule has 0 saturated carbocycles. The standard InChI is InChI=1S/C21H24FN3O2/c22-18-4-7-20(8-5-18)27-11-10-24-13-16-3-6-19(24)15-25(14-16)21(26)17-2-1-9-23-12-17/h1-2,4-5,7-9,12,16,19H,3,6,10-11,13-15H2/t16-,19-/m0/s1. The molecule has 27 heavy (non-hydrogen) atoms. The molecule has 1 aromatic heterocycles. The van der Waals surface area contributed by atoms with Crippen molar-refractivity contribution in [3.05, 3.63) is 60.2 Å². The van der Waals surface area contributed by atoms with Crippen LogP contribution in [0.4, 0.5) is 4.39 Å². The number of aromatic nitrogens is 1. The van der Waals surface area contributed by atoms with E-state index in [-0.39, 0.29) is 11.7 Å². The third-order valence-electron chi connectivity index (χ3n) is 5.48. The summed E-state index contributed by atoms with van der Waals surface area (Å²) in [5.74, 6) is 0.995. The minimum atomic E-state index is -0.259. The number of benzene rings is 1. The van der Waals surface area contributed by atoms with Gasteiger partial charge in [0, 0.05) is 44.6 Å². The lowest BCUT2D eigenvalue weighted by Gasteiger charge is -2.35. The Kier molecular flexibility index (Phi) is 5.34. The van der Waals surface area contributed by atoms with Crippen LogP contribution in [0.15, 0.2) is 48.8 Å². The summed E-state index contributed by atoms with van der Waals surface area (Å²) >= 11 is 0. The number of carbonyl (C=O) groups excluding carboxylic acids is 1. The number of piperidine rings is 1. The van der Waals surface area contributed by atoms with Crippen molar-refractivity contribution in [1.82, 2.24) is 14.8 Å². The van der Waals surface area contributed by atoms with E-state index in [1.807, 2.05) is 11.0 Å². The number of pyridine rings is 1. The summed E-state index contributed by atoms with van der Waals surface area (Å²) in [5, 5.41) is 0. The van der Waals surface area contributed by atoms with Gasteiger partial charge in [0.05, 0.1) is 5.56 Å². The van der Waals surface area contributed by atoms with Crippen LogP contribution in [0.2, 0.25) is 0 Å². The lowest BCUT2D eigenvalue weighted by atomic mass is 9.95. The van der Waals surface area contributed by atoms with Gasteiger partial charge in [-0.25, -0.2) is 4.39 Å². The summed E-state index contributed by atoms with van der Waals surface area (Å²) in [6.45, 7) is 3.92. The molecule has 0 N–H and O–H groups in total. The fraction of sp³-hybridized carbons (Fsp3) is 0.429. The molecule has 142 valence electrons. The van der Waals surface area contributed by atoms with Gasteiger partial charge in [-0.05, 0) is 55.2 Å². The van der Waals surface area contributed by atoms with Crippen molar-refractivity contribution in [2.45, 2.75) is 18.9 Å². The number of halogens is 1. The van der Waals surface area contributed by atoms with E-state index in [1.54, 1.807) is 30.6 Å². The van der Waals surface area contributed by atoms with Crippen molar-refractivity contribution >= 4 is 5.91 Å². The zero-order valence-electron chi connectivity index (χ0n) is 15.3. The number of hydrogen-bond acceptors (Lipinski definition) is 4. The number of amides is 1. The van der Waals surface area contributed by atoms with Gasteiger partial charge in [-0.1, -0.05) is 0 Å². The molecule has 0 spiro atoms. The van der Waals surface area contributed by atoms with Crippen LogP contribution in [0, 0.1) is 11.7 Å². The molecule has 1 aromatic carbocycles. The maximum atomic E-state index is 13.0. The fourth-order valence-corrected chi connectivity index (χ4v) is 4.10. The molecule has 1 amide bonds. The first-order chi connectivity index (χ1) is 13.2. The molecule has 6 heteroatoms. The third-order valence-corrected chi connectivity index (χ3v) is 5.48. The van der Waals surface area contributed by atoms with Crippen LogP contribution >= 0.6 is 0 Å². The molecule has 3 fully saturated rings. The molecule has 5 nitrogen and oxygen atoms in total. The van der Waals surface area contributed by atoms with Crippen molar-refractivity contribution in [3.8, 4) is 5.75 Å². The highest BCUT2D eigenvalue weighted by atomic mass is 19.1. The lowest BCUT2D eigenvalue weighted by Crippen LogP contribution is -2.46. The van der Waals surface area contributed by atoms with Crippen molar-refractivity contribution in [2.24, 2.45) is 5.92 Å². The van der Waals surface area contributed by atoms with E-state index in [0.717, 1.165) is 39.0 Å². The first-order valence-corrected chi connectivity index (χ1v) is 9.51. The average Bonchev–Trinajstić information content (AvgIpc) is 3.01. The van der Waals surface area contributed by atoms with Gasteiger partial charge in [0.15, 0.2) is 0 Å². The average molecular weight is 369 g/mol. The highest BCUT2D eigenvalue weighted by Crippen LogP contribution is 2.28. The highest BCUT2D eigenvalue weighted by Gasteiger charge is 2.36. The predicted octanol–water partition coefficient (Wildman–Crippen LogP) is 2.84. The normalized spacial score (nSPS) is 22.5. The Morgan fingerprint density at radius 3 is 2.78 bits per heavy atom. The van der Waals surface area contributed by atoms with Crippen LogP contribution in [-0.4, -0.2) is 59.5 Å². The second-order valence-corrected chi connectivity index (χ2v) is 7.35. The van der Waals surface area contributed by atoms with Crippen LogP contribution in [0.25, 0.3) is 0 Å². The number of nitrogens with zero attached hydrogens (tertiary/aromatic N) is 3. The number of carbonyl (C=O) groups is 1. The van der Waals surface area contributed by atoms with Crippen LogP contribution in [0.1, 0.15) is 23.2 Å². The molecule has 4 heterocycles. The maximum Gasteiger partial charge on any atom is 0.255 e.